The summed E-state index contributed by atoms with van der Waals surface area (Å²) < 4.78 is 26.6. The Hall–Kier alpha value is -1.09. The minimum Gasteiger partial charge on any atom is -0.323 e. The molecule has 0 spiro atoms. The van der Waals surface area contributed by atoms with Crippen molar-refractivity contribution in [1.29, 1.82) is 0 Å². The van der Waals surface area contributed by atoms with Gasteiger partial charge in [0.05, 0.1) is 11.7 Å². The molecular formula is C12H17N3O3S2. The highest BCUT2D eigenvalue weighted by molar-refractivity contribution is 7.99. The molecule has 1 heterocycles. The van der Waals surface area contributed by atoms with E-state index in [-0.39, 0.29) is 16.8 Å². The smallest absolute Gasteiger partial charge is 0.242 e. The van der Waals surface area contributed by atoms with E-state index in [2.05, 4.69) is 15.4 Å². The Morgan fingerprint density at radius 3 is 2.85 bits per heavy atom. The second-order valence-corrected chi connectivity index (χ2v) is 7.02. The Morgan fingerprint density at radius 2 is 2.20 bits per heavy atom. The second-order valence-electron chi connectivity index (χ2n) is 4.26. The molecule has 0 aliphatic carbocycles. The van der Waals surface area contributed by atoms with Crippen molar-refractivity contribution in [2.45, 2.75) is 17.9 Å². The number of carbonyl (C=O) groups excluding carboxylic acids is 1. The molecule has 0 aromatic heterocycles. The summed E-state index contributed by atoms with van der Waals surface area (Å²) in [4.78, 5) is 12.1. The Labute approximate surface area is 122 Å². The van der Waals surface area contributed by atoms with Crippen LogP contribution in [-0.2, 0) is 14.8 Å². The first-order valence-electron chi connectivity index (χ1n) is 6.25. The maximum Gasteiger partial charge on any atom is 0.242 e. The number of amides is 1. The molecule has 20 heavy (non-hydrogen) atoms. The van der Waals surface area contributed by atoms with Gasteiger partial charge in [-0.05, 0) is 12.1 Å². The van der Waals surface area contributed by atoms with Gasteiger partial charge in [-0.15, -0.1) is 11.8 Å². The predicted octanol–water partition coefficient (Wildman–Crippen LogP) is 0.586. The van der Waals surface area contributed by atoms with Crippen molar-refractivity contribution in [3.05, 3.63) is 24.3 Å². The van der Waals surface area contributed by atoms with Gasteiger partial charge in [-0.25, -0.2) is 13.1 Å². The molecule has 1 unspecified atom stereocenters. The maximum atomic E-state index is 12.1. The molecule has 0 saturated carbocycles. The first-order valence-corrected chi connectivity index (χ1v) is 8.89. The summed E-state index contributed by atoms with van der Waals surface area (Å²) in [6.07, 6.45) is 0. The van der Waals surface area contributed by atoms with E-state index in [0.717, 1.165) is 5.88 Å². The van der Waals surface area contributed by atoms with Gasteiger partial charge < -0.3 is 5.32 Å². The maximum absolute atomic E-state index is 12.1. The zero-order valence-corrected chi connectivity index (χ0v) is 12.7. The topological polar surface area (TPSA) is 87.3 Å². The Bertz CT molecular complexity index is 583. The highest BCUT2D eigenvalue weighted by Gasteiger charge is 2.25. The third-order valence-corrected chi connectivity index (χ3v) is 5.35. The van der Waals surface area contributed by atoms with Crippen LogP contribution in [0.5, 0.6) is 0 Å². The fraction of sp³-hybridized carbons (Fsp3) is 0.417. The lowest BCUT2D eigenvalue weighted by Gasteiger charge is -2.14. The lowest BCUT2D eigenvalue weighted by atomic mass is 10.2. The molecule has 1 aliphatic heterocycles. The van der Waals surface area contributed by atoms with Crippen LogP contribution in [0.4, 0.5) is 5.69 Å². The number of benzene rings is 1. The zero-order chi connectivity index (χ0) is 14.6. The van der Waals surface area contributed by atoms with Gasteiger partial charge >= 0.3 is 0 Å². The van der Waals surface area contributed by atoms with Crippen LogP contribution in [0.3, 0.4) is 0 Å². The van der Waals surface area contributed by atoms with E-state index in [1.807, 2.05) is 0 Å². The Morgan fingerprint density at radius 1 is 1.45 bits per heavy atom. The number of hydrogen-bond acceptors (Lipinski definition) is 5. The number of thioether (sulfide) groups is 1. The Balaban J connectivity index is 2.22. The Kier molecular flexibility index (Phi) is 5.03. The van der Waals surface area contributed by atoms with Gasteiger partial charge in [-0.2, -0.15) is 0 Å². The van der Waals surface area contributed by atoms with E-state index in [1.165, 1.54) is 6.07 Å². The highest BCUT2D eigenvalue weighted by atomic mass is 32.2. The fourth-order valence-electron chi connectivity index (χ4n) is 1.86. The van der Waals surface area contributed by atoms with Crippen LogP contribution in [0.2, 0.25) is 0 Å². The van der Waals surface area contributed by atoms with Crippen LogP contribution in [-0.4, -0.2) is 38.5 Å². The van der Waals surface area contributed by atoms with Gasteiger partial charge in [0.2, 0.25) is 15.9 Å². The molecule has 3 N–H and O–H groups in total. The summed E-state index contributed by atoms with van der Waals surface area (Å²) >= 11 is 1.64. The largest absolute Gasteiger partial charge is 0.323 e. The van der Waals surface area contributed by atoms with E-state index < -0.39 is 10.0 Å². The molecule has 1 aromatic rings. The minimum atomic E-state index is -3.60. The standard InChI is InChI=1S/C12H17N3O3S2/c1-2-14-20(17,18)11-6-4-3-5-9(11)15-12(16)10-7-19-8-13-10/h3-6,10,13-14H,2,7-8H2,1H3,(H,15,16). The van der Waals surface area contributed by atoms with Crippen molar-refractivity contribution >= 4 is 33.4 Å². The number of rotatable bonds is 5. The lowest BCUT2D eigenvalue weighted by Crippen LogP contribution is -2.38. The van der Waals surface area contributed by atoms with E-state index in [4.69, 9.17) is 0 Å². The van der Waals surface area contributed by atoms with Gasteiger partial charge in [-0.1, -0.05) is 19.1 Å². The number of para-hydroxylation sites is 1. The molecule has 2 rings (SSSR count). The van der Waals surface area contributed by atoms with E-state index >= 15 is 0 Å². The van der Waals surface area contributed by atoms with Crippen molar-refractivity contribution in [2.24, 2.45) is 0 Å². The zero-order valence-electron chi connectivity index (χ0n) is 11.0. The van der Waals surface area contributed by atoms with Gasteiger partial charge in [0.15, 0.2) is 0 Å². The first kappa shape index (κ1) is 15.3. The molecule has 1 aliphatic rings. The summed E-state index contributed by atoms with van der Waals surface area (Å²) in [6.45, 7) is 2.00. The molecule has 6 nitrogen and oxygen atoms in total. The van der Waals surface area contributed by atoms with E-state index in [0.29, 0.717) is 18.0 Å². The molecule has 1 aromatic carbocycles. The normalized spacial score (nSPS) is 18.9. The van der Waals surface area contributed by atoms with Crippen molar-refractivity contribution in [2.75, 3.05) is 23.5 Å². The average Bonchev–Trinajstić information content (AvgIpc) is 2.93. The highest BCUT2D eigenvalue weighted by Crippen LogP contribution is 2.21. The van der Waals surface area contributed by atoms with Crippen LogP contribution >= 0.6 is 11.8 Å². The van der Waals surface area contributed by atoms with Crippen LogP contribution in [0.25, 0.3) is 0 Å². The molecule has 8 heteroatoms. The van der Waals surface area contributed by atoms with Gasteiger partial charge in [0.1, 0.15) is 4.90 Å². The number of nitrogens with one attached hydrogen (secondary N) is 3. The lowest BCUT2D eigenvalue weighted by molar-refractivity contribution is -0.117. The monoisotopic (exact) mass is 315 g/mol. The summed E-state index contributed by atoms with van der Waals surface area (Å²) in [5.74, 6) is 1.21. The molecule has 1 fully saturated rings. The number of hydrogen-bond donors (Lipinski definition) is 3. The molecule has 1 atom stereocenters. The quantitative estimate of drug-likeness (QED) is 0.740. The van der Waals surface area contributed by atoms with Gasteiger partial charge in [0, 0.05) is 18.2 Å². The van der Waals surface area contributed by atoms with Crippen LogP contribution < -0.4 is 15.4 Å². The van der Waals surface area contributed by atoms with Crippen molar-refractivity contribution in [3.8, 4) is 0 Å². The molecule has 1 saturated heterocycles. The van der Waals surface area contributed by atoms with Gasteiger partial charge in [0.25, 0.3) is 0 Å². The second kappa shape index (κ2) is 6.57. The molecule has 1 amide bonds. The summed E-state index contributed by atoms with van der Waals surface area (Å²) in [5.41, 5.74) is 0.303. The van der Waals surface area contributed by atoms with Crippen molar-refractivity contribution in [1.82, 2.24) is 10.0 Å². The summed E-state index contributed by atoms with van der Waals surface area (Å²) in [6, 6.07) is 6.10. The van der Waals surface area contributed by atoms with Crippen molar-refractivity contribution in [3.63, 3.8) is 0 Å². The fourth-order valence-corrected chi connectivity index (χ4v) is 4.00. The SMILES string of the molecule is CCNS(=O)(=O)c1ccccc1NC(=O)C1CSCN1. The third-order valence-electron chi connectivity index (χ3n) is 2.80. The van der Waals surface area contributed by atoms with Crippen LogP contribution in [0.1, 0.15) is 6.92 Å². The number of sulfonamides is 1. The summed E-state index contributed by atoms with van der Waals surface area (Å²) in [5, 5.41) is 5.73. The first-order chi connectivity index (χ1) is 9.54. The molecule has 110 valence electrons. The number of carbonyl (C=O) groups is 1. The molecular weight excluding hydrogens is 298 g/mol. The van der Waals surface area contributed by atoms with Crippen molar-refractivity contribution < 1.29 is 13.2 Å². The van der Waals surface area contributed by atoms with E-state index in [1.54, 1.807) is 36.9 Å². The minimum absolute atomic E-state index is 0.0841. The molecule has 0 radical (unpaired) electrons. The summed E-state index contributed by atoms with van der Waals surface area (Å²) in [7, 11) is -3.60. The average molecular weight is 315 g/mol. The van der Waals surface area contributed by atoms with Gasteiger partial charge in [-0.3, -0.25) is 10.1 Å². The van der Waals surface area contributed by atoms with E-state index in [9.17, 15) is 13.2 Å². The van der Waals surface area contributed by atoms with Crippen LogP contribution in [0, 0.1) is 0 Å². The number of anilines is 1. The third kappa shape index (κ3) is 3.51. The predicted molar refractivity (Wildman–Crippen MR) is 80.2 cm³/mol. The van der Waals surface area contributed by atoms with Crippen LogP contribution in [0.15, 0.2) is 29.2 Å². The molecule has 0 bridgehead atoms.